The molecule has 2 aromatic rings. The van der Waals surface area contributed by atoms with Crippen molar-refractivity contribution >= 4 is 23.2 Å². The van der Waals surface area contributed by atoms with Crippen molar-refractivity contribution in [1.29, 1.82) is 0 Å². The van der Waals surface area contributed by atoms with Crippen molar-refractivity contribution in [3.8, 4) is 11.8 Å². The molecule has 10 heteroatoms. The van der Waals surface area contributed by atoms with Gasteiger partial charge >= 0.3 is 0 Å². The topological polar surface area (TPSA) is 87.4 Å². The van der Waals surface area contributed by atoms with Gasteiger partial charge in [0.2, 0.25) is 0 Å². The Morgan fingerprint density at radius 3 is 2.59 bits per heavy atom. The molecule has 0 saturated heterocycles. The van der Waals surface area contributed by atoms with Crippen LogP contribution in [0.5, 0.6) is 0 Å². The SMILES string of the molecule is Cn1cnc(C2CC3CC(O)(C#CC(C)(O)C(F)F)CC3C2)c1C(=O)Nc1ccc(F)c(Cl)c1. The second-order valence-electron chi connectivity index (χ2n) is 9.50. The number of aliphatic hydroxyl groups is 2. The number of alkyl halides is 2. The molecule has 3 N–H and O–H groups in total. The van der Waals surface area contributed by atoms with Gasteiger partial charge in [0, 0.05) is 18.7 Å². The number of halogens is 4. The predicted molar refractivity (Wildman–Crippen MR) is 120 cm³/mol. The summed E-state index contributed by atoms with van der Waals surface area (Å²) < 4.78 is 40.8. The molecule has 2 saturated carbocycles. The molecule has 1 aromatic carbocycles. The third-order valence-electron chi connectivity index (χ3n) is 6.76. The summed E-state index contributed by atoms with van der Waals surface area (Å²) in [7, 11) is 1.71. The van der Waals surface area contributed by atoms with Crippen molar-refractivity contribution in [2.75, 3.05) is 5.32 Å². The summed E-state index contributed by atoms with van der Waals surface area (Å²) in [5.41, 5.74) is -2.52. The van der Waals surface area contributed by atoms with Crippen LogP contribution in [0.4, 0.5) is 18.9 Å². The molecule has 0 bridgehead atoms. The minimum absolute atomic E-state index is 0.0181. The molecular weight excluding hydrogens is 471 g/mol. The van der Waals surface area contributed by atoms with Gasteiger partial charge in [0.1, 0.15) is 17.1 Å². The Hall–Kier alpha value is -2.54. The third kappa shape index (κ3) is 4.81. The zero-order valence-corrected chi connectivity index (χ0v) is 19.4. The number of benzene rings is 1. The van der Waals surface area contributed by atoms with Gasteiger partial charge in [-0.25, -0.2) is 18.2 Å². The summed E-state index contributed by atoms with van der Waals surface area (Å²) in [6.07, 6.45) is 0.475. The molecule has 6 nitrogen and oxygen atoms in total. The van der Waals surface area contributed by atoms with Crippen LogP contribution in [0.2, 0.25) is 5.02 Å². The van der Waals surface area contributed by atoms with Gasteiger partial charge in [0.15, 0.2) is 5.60 Å². The first-order valence-corrected chi connectivity index (χ1v) is 11.3. The summed E-state index contributed by atoms with van der Waals surface area (Å²) >= 11 is 5.80. The van der Waals surface area contributed by atoms with E-state index in [4.69, 9.17) is 11.6 Å². The Labute approximate surface area is 200 Å². The minimum Gasteiger partial charge on any atom is -0.378 e. The number of amides is 1. The highest BCUT2D eigenvalue weighted by Crippen LogP contribution is 2.53. The Balaban J connectivity index is 1.47. The summed E-state index contributed by atoms with van der Waals surface area (Å²) in [5, 5.41) is 23.1. The highest BCUT2D eigenvalue weighted by atomic mass is 35.5. The van der Waals surface area contributed by atoms with Gasteiger partial charge in [-0.2, -0.15) is 0 Å². The first-order chi connectivity index (χ1) is 15.9. The van der Waals surface area contributed by atoms with Crippen molar-refractivity contribution in [2.24, 2.45) is 18.9 Å². The number of imidazole rings is 1. The maximum absolute atomic E-state index is 13.4. The maximum atomic E-state index is 13.4. The summed E-state index contributed by atoms with van der Waals surface area (Å²) in [5.74, 6) is 3.81. The lowest BCUT2D eigenvalue weighted by molar-refractivity contribution is -0.0423. The van der Waals surface area contributed by atoms with Crippen molar-refractivity contribution in [3.63, 3.8) is 0 Å². The molecule has 2 aliphatic carbocycles. The van der Waals surface area contributed by atoms with Gasteiger partial charge in [0.05, 0.1) is 17.0 Å². The fraction of sp³-hybridized carbons (Fsp3) is 0.500. The van der Waals surface area contributed by atoms with E-state index in [0.29, 0.717) is 42.8 Å². The first-order valence-electron chi connectivity index (χ1n) is 10.9. The Kier molecular flexibility index (Phi) is 6.44. The summed E-state index contributed by atoms with van der Waals surface area (Å²) in [6.45, 7) is 0.924. The molecule has 0 spiro atoms. The number of hydrogen-bond acceptors (Lipinski definition) is 4. The van der Waals surface area contributed by atoms with E-state index in [0.717, 1.165) is 6.92 Å². The molecule has 4 rings (SSSR count). The van der Waals surface area contributed by atoms with E-state index >= 15 is 0 Å². The zero-order chi connectivity index (χ0) is 24.8. The molecule has 182 valence electrons. The first kappa shape index (κ1) is 24.6. The monoisotopic (exact) mass is 495 g/mol. The fourth-order valence-corrected chi connectivity index (χ4v) is 5.25. The minimum atomic E-state index is -3.03. The van der Waals surface area contributed by atoms with Gasteiger partial charge < -0.3 is 20.1 Å². The average Bonchev–Trinajstić information content (AvgIpc) is 3.40. The predicted octanol–water partition coefficient (Wildman–Crippen LogP) is 4.12. The smallest absolute Gasteiger partial charge is 0.277 e. The quantitative estimate of drug-likeness (QED) is 0.557. The molecule has 3 atom stereocenters. The molecule has 0 aliphatic heterocycles. The highest BCUT2D eigenvalue weighted by Gasteiger charge is 2.49. The Bertz CT molecular complexity index is 1160. The van der Waals surface area contributed by atoms with Gasteiger partial charge in [0.25, 0.3) is 12.3 Å². The van der Waals surface area contributed by atoms with Crippen LogP contribution in [-0.2, 0) is 7.05 Å². The van der Waals surface area contributed by atoms with E-state index < -0.39 is 29.4 Å². The van der Waals surface area contributed by atoms with Crippen LogP contribution < -0.4 is 5.32 Å². The standard InChI is InChI=1S/C24H25ClF3N3O3/c1-23(33,22(27)28)5-6-24(34)10-14-7-13(8-15(14)11-24)19-20(31(2)12-29-19)21(32)30-16-3-4-18(26)17(25)9-16/h3-4,9,12-15,22,33-34H,7-8,10-11H2,1-2H3,(H,30,32). The number of nitrogens with zero attached hydrogens (tertiary/aromatic N) is 2. The lowest BCUT2D eigenvalue weighted by Crippen LogP contribution is -2.33. The van der Waals surface area contributed by atoms with Crippen LogP contribution in [0.1, 0.15) is 54.7 Å². The molecule has 1 aromatic heterocycles. The Morgan fingerprint density at radius 2 is 2.00 bits per heavy atom. The Morgan fingerprint density at radius 1 is 1.35 bits per heavy atom. The number of carbonyl (C=O) groups is 1. The average molecular weight is 496 g/mol. The van der Waals surface area contributed by atoms with Crippen LogP contribution in [0.25, 0.3) is 0 Å². The zero-order valence-electron chi connectivity index (χ0n) is 18.7. The van der Waals surface area contributed by atoms with Gasteiger partial charge in [-0.3, -0.25) is 4.79 Å². The van der Waals surface area contributed by atoms with Crippen LogP contribution in [-0.4, -0.2) is 43.3 Å². The number of fused-ring (bicyclic) bond motifs is 1. The maximum Gasteiger partial charge on any atom is 0.277 e. The van der Waals surface area contributed by atoms with Gasteiger partial charge in [-0.1, -0.05) is 23.4 Å². The molecule has 3 unspecified atom stereocenters. The molecular formula is C24H25ClF3N3O3. The van der Waals surface area contributed by atoms with Crippen molar-refractivity contribution < 1.29 is 28.2 Å². The van der Waals surface area contributed by atoms with E-state index in [-0.39, 0.29) is 22.8 Å². The van der Waals surface area contributed by atoms with E-state index in [1.54, 1.807) is 17.9 Å². The third-order valence-corrected chi connectivity index (χ3v) is 7.05. The number of aromatic nitrogens is 2. The number of nitrogens with one attached hydrogen (secondary N) is 1. The largest absolute Gasteiger partial charge is 0.378 e. The molecule has 34 heavy (non-hydrogen) atoms. The number of aryl methyl sites for hydroxylation is 1. The van der Waals surface area contributed by atoms with Crippen LogP contribution >= 0.6 is 11.6 Å². The summed E-state index contributed by atoms with van der Waals surface area (Å²) in [6, 6.07) is 3.92. The molecule has 2 aliphatic rings. The van der Waals surface area contributed by atoms with Gasteiger partial charge in [-0.05, 0) is 62.6 Å². The van der Waals surface area contributed by atoms with E-state index in [9.17, 15) is 28.2 Å². The number of anilines is 1. The lowest BCUT2D eigenvalue weighted by Gasteiger charge is -2.20. The van der Waals surface area contributed by atoms with E-state index in [1.165, 1.54) is 18.2 Å². The molecule has 1 amide bonds. The fourth-order valence-electron chi connectivity index (χ4n) is 5.07. The summed E-state index contributed by atoms with van der Waals surface area (Å²) in [4.78, 5) is 17.5. The van der Waals surface area contributed by atoms with Crippen molar-refractivity contribution in [3.05, 3.63) is 46.8 Å². The molecule has 0 radical (unpaired) electrons. The van der Waals surface area contributed by atoms with Crippen LogP contribution in [0.3, 0.4) is 0 Å². The van der Waals surface area contributed by atoms with Crippen molar-refractivity contribution in [2.45, 2.75) is 56.2 Å². The number of rotatable bonds is 4. The second-order valence-corrected chi connectivity index (χ2v) is 9.91. The van der Waals surface area contributed by atoms with Crippen LogP contribution in [0, 0.1) is 29.5 Å². The lowest BCUT2D eigenvalue weighted by atomic mass is 9.92. The van der Waals surface area contributed by atoms with Crippen LogP contribution in [0.15, 0.2) is 24.5 Å². The normalized spacial score (nSPS) is 27.7. The number of carbonyl (C=O) groups excluding carboxylic acids is 1. The molecule has 2 fully saturated rings. The highest BCUT2D eigenvalue weighted by molar-refractivity contribution is 6.31. The number of hydrogen-bond donors (Lipinski definition) is 3. The molecule has 1 heterocycles. The van der Waals surface area contributed by atoms with E-state index in [1.807, 2.05) is 0 Å². The second kappa shape index (κ2) is 8.91. The van der Waals surface area contributed by atoms with Crippen molar-refractivity contribution in [1.82, 2.24) is 9.55 Å². The van der Waals surface area contributed by atoms with E-state index in [2.05, 4.69) is 22.1 Å². The van der Waals surface area contributed by atoms with Gasteiger partial charge in [-0.15, -0.1) is 0 Å².